The van der Waals surface area contributed by atoms with Gasteiger partial charge in [-0.05, 0) is 24.4 Å². The summed E-state index contributed by atoms with van der Waals surface area (Å²) in [4.78, 5) is 15.1. The molecule has 0 N–H and O–H groups in total. The second kappa shape index (κ2) is 7.35. The first-order valence-corrected chi connectivity index (χ1v) is 9.59. The van der Waals surface area contributed by atoms with Crippen LogP contribution in [0.15, 0.2) is 22.2 Å². The molecular weight excluding hydrogens is 364 g/mol. The minimum Gasteiger partial charge on any atom is -0.460 e. The maximum Gasteiger partial charge on any atom is 0.276 e. The van der Waals surface area contributed by atoms with Crippen molar-refractivity contribution in [1.82, 2.24) is 14.1 Å². The zero-order valence-electron chi connectivity index (χ0n) is 14.1. The summed E-state index contributed by atoms with van der Waals surface area (Å²) in [6.07, 6.45) is 2.73. The van der Waals surface area contributed by atoms with Crippen LogP contribution in [0.2, 0.25) is 0 Å². The number of carbonyl (C=O) groups is 1. The predicted molar refractivity (Wildman–Crippen MR) is 95.3 cm³/mol. The van der Waals surface area contributed by atoms with Gasteiger partial charge in [-0.25, -0.2) is 8.42 Å². The van der Waals surface area contributed by atoms with Crippen LogP contribution in [0, 0.1) is 11.3 Å². The minimum absolute atomic E-state index is 0.0196. The van der Waals surface area contributed by atoms with E-state index in [0.29, 0.717) is 22.3 Å². The molecule has 0 radical (unpaired) electrons. The Kier molecular flexibility index (Phi) is 5.62. The molecule has 0 saturated carbocycles. The topological polar surface area (TPSA) is 97.9 Å². The number of amides is 1. The predicted octanol–water partition coefficient (Wildman–Crippen LogP) is 0.984. The van der Waals surface area contributed by atoms with Gasteiger partial charge in [-0.15, -0.1) is 0 Å². The number of thiocarbonyl (C=S) groups is 1. The summed E-state index contributed by atoms with van der Waals surface area (Å²) in [5, 5.41) is 9.04. The molecular formula is C15H18N4O4S2. The molecule has 1 aliphatic heterocycles. The van der Waals surface area contributed by atoms with E-state index in [-0.39, 0.29) is 25.4 Å². The van der Waals surface area contributed by atoms with Crippen molar-refractivity contribution >= 4 is 39.3 Å². The van der Waals surface area contributed by atoms with Crippen molar-refractivity contribution in [2.45, 2.75) is 13.0 Å². The van der Waals surface area contributed by atoms with Gasteiger partial charge in [-0.1, -0.05) is 0 Å². The van der Waals surface area contributed by atoms with Gasteiger partial charge in [0.2, 0.25) is 10.0 Å². The highest BCUT2D eigenvalue weighted by molar-refractivity contribution is 7.88. The summed E-state index contributed by atoms with van der Waals surface area (Å²) < 4.78 is 30.3. The molecule has 0 aliphatic carbocycles. The van der Waals surface area contributed by atoms with Crippen LogP contribution in [0.25, 0.3) is 6.08 Å². The van der Waals surface area contributed by atoms with Crippen LogP contribution < -0.4 is 0 Å². The Balaban J connectivity index is 2.20. The van der Waals surface area contributed by atoms with Crippen LogP contribution in [0.4, 0.5) is 0 Å². The number of hydrogen-bond donors (Lipinski definition) is 0. The molecule has 1 fully saturated rings. The third-order valence-electron chi connectivity index (χ3n) is 3.69. The van der Waals surface area contributed by atoms with E-state index in [1.165, 1.54) is 9.21 Å². The molecule has 0 atom stereocenters. The van der Waals surface area contributed by atoms with E-state index in [2.05, 4.69) is 0 Å². The fourth-order valence-corrected chi connectivity index (χ4v) is 3.26. The van der Waals surface area contributed by atoms with Crippen LogP contribution in [0.5, 0.6) is 0 Å². The Bertz CT molecular complexity index is 866. The van der Waals surface area contributed by atoms with Crippen molar-refractivity contribution < 1.29 is 17.6 Å². The number of sulfonamides is 1. The van der Waals surface area contributed by atoms with Gasteiger partial charge in [-0.3, -0.25) is 9.69 Å². The summed E-state index contributed by atoms with van der Waals surface area (Å²) in [6.45, 7) is 0.110. The number of furan rings is 1. The van der Waals surface area contributed by atoms with Crippen molar-refractivity contribution in [3.63, 3.8) is 0 Å². The molecule has 1 aromatic heterocycles. The van der Waals surface area contributed by atoms with E-state index in [4.69, 9.17) is 21.9 Å². The van der Waals surface area contributed by atoms with E-state index in [1.807, 2.05) is 6.07 Å². The largest absolute Gasteiger partial charge is 0.460 e. The quantitative estimate of drug-likeness (QED) is 0.534. The van der Waals surface area contributed by atoms with E-state index < -0.39 is 10.0 Å². The van der Waals surface area contributed by atoms with Gasteiger partial charge < -0.3 is 9.32 Å². The zero-order valence-corrected chi connectivity index (χ0v) is 15.7. The highest BCUT2D eigenvalue weighted by atomic mass is 32.2. The molecule has 0 unspecified atom stereocenters. The smallest absolute Gasteiger partial charge is 0.276 e. The molecule has 25 heavy (non-hydrogen) atoms. The summed E-state index contributed by atoms with van der Waals surface area (Å²) in [5.74, 6) is 0.591. The SMILES string of the molecule is CN1C(=O)/C(=C/c2ccc(CN(CCC#N)S(C)(=O)=O)o2)N(C)C1=S. The molecule has 10 heteroatoms. The third kappa shape index (κ3) is 4.25. The second-order valence-corrected chi connectivity index (χ2v) is 7.89. The monoisotopic (exact) mass is 382 g/mol. The molecule has 2 rings (SSSR count). The first-order valence-electron chi connectivity index (χ1n) is 7.33. The highest BCUT2D eigenvalue weighted by Crippen LogP contribution is 2.22. The fourth-order valence-electron chi connectivity index (χ4n) is 2.29. The van der Waals surface area contributed by atoms with E-state index in [1.54, 1.807) is 37.2 Å². The molecule has 1 amide bonds. The summed E-state index contributed by atoms with van der Waals surface area (Å²) >= 11 is 5.14. The van der Waals surface area contributed by atoms with Crippen molar-refractivity contribution in [2.24, 2.45) is 0 Å². The number of nitrogens with zero attached hydrogens (tertiary/aromatic N) is 4. The van der Waals surface area contributed by atoms with Gasteiger partial charge in [-0.2, -0.15) is 9.57 Å². The molecule has 134 valence electrons. The molecule has 0 aromatic carbocycles. The Morgan fingerprint density at radius 3 is 2.56 bits per heavy atom. The molecule has 1 aromatic rings. The van der Waals surface area contributed by atoms with Crippen molar-refractivity contribution in [3.05, 3.63) is 29.4 Å². The van der Waals surface area contributed by atoms with E-state index in [9.17, 15) is 13.2 Å². The number of hydrogen-bond acceptors (Lipinski definition) is 6. The third-order valence-corrected chi connectivity index (χ3v) is 5.49. The van der Waals surface area contributed by atoms with Crippen LogP contribution in [-0.4, -0.2) is 60.4 Å². The molecule has 1 saturated heterocycles. The lowest BCUT2D eigenvalue weighted by molar-refractivity contribution is -0.121. The molecule has 0 bridgehead atoms. The van der Waals surface area contributed by atoms with Gasteiger partial charge in [0.15, 0.2) is 5.11 Å². The van der Waals surface area contributed by atoms with Crippen molar-refractivity contribution in [2.75, 3.05) is 26.9 Å². The zero-order chi connectivity index (χ0) is 18.8. The summed E-state index contributed by atoms with van der Waals surface area (Å²) in [7, 11) is -0.181. The second-order valence-electron chi connectivity index (χ2n) is 5.54. The Labute approximate surface area is 151 Å². The van der Waals surface area contributed by atoms with Gasteiger partial charge in [0.05, 0.1) is 18.9 Å². The number of likely N-dealkylation sites (N-methyl/N-ethyl adjacent to an activating group) is 2. The van der Waals surface area contributed by atoms with Gasteiger partial charge in [0.1, 0.15) is 17.2 Å². The van der Waals surface area contributed by atoms with Gasteiger partial charge in [0.25, 0.3) is 5.91 Å². The van der Waals surface area contributed by atoms with Gasteiger partial charge in [0, 0.05) is 33.1 Å². The van der Waals surface area contributed by atoms with Crippen LogP contribution in [0.3, 0.4) is 0 Å². The lowest BCUT2D eigenvalue weighted by Crippen LogP contribution is -2.30. The van der Waals surface area contributed by atoms with Crippen LogP contribution in [0.1, 0.15) is 17.9 Å². The summed E-state index contributed by atoms with van der Waals surface area (Å²) in [6, 6.07) is 5.21. The van der Waals surface area contributed by atoms with Crippen molar-refractivity contribution in [1.29, 1.82) is 5.26 Å². The first-order chi connectivity index (χ1) is 11.6. The highest BCUT2D eigenvalue weighted by Gasteiger charge is 2.33. The summed E-state index contributed by atoms with van der Waals surface area (Å²) in [5.41, 5.74) is 0.373. The standard InChI is InChI=1S/C15H18N4O4S2/c1-17-13(14(20)18(2)15(17)24)9-11-5-6-12(23-11)10-19(8-4-7-16)25(3,21)22/h5-6,9H,4,8,10H2,1-3H3/b13-9-. The minimum atomic E-state index is -3.46. The van der Waals surface area contributed by atoms with Crippen LogP contribution in [-0.2, 0) is 21.4 Å². The van der Waals surface area contributed by atoms with Crippen molar-refractivity contribution in [3.8, 4) is 6.07 Å². The molecule has 0 spiro atoms. The van der Waals surface area contributed by atoms with E-state index in [0.717, 1.165) is 6.26 Å². The average molecular weight is 382 g/mol. The molecule has 8 nitrogen and oxygen atoms in total. The lowest BCUT2D eigenvalue weighted by Gasteiger charge is -2.16. The first kappa shape index (κ1) is 19.1. The number of carbonyl (C=O) groups excluding carboxylic acids is 1. The molecule has 1 aliphatic rings. The average Bonchev–Trinajstić information content (AvgIpc) is 3.05. The Hall–Kier alpha value is -2.22. The fraction of sp³-hybridized carbons (Fsp3) is 0.400. The normalized spacial score (nSPS) is 17.0. The Morgan fingerprint density at radius 1 is 1.36 bits per heavy atom. The van der Waals surface area contributed by atoms with E-state index >= 15 is 0 Å². The van der Waals surface area contributed by atoms with Crippen LogP contribution >= 0.6 is 12.2 Å². The number of nitriles is 1. The Morgan fingerprint density at radius 2 is 2.04 bits per heavy atom. The maximum atomic E-state index is 12.1. The number of rotatable bonds is 6. The molecule has 2 heterocycles. The van der Waals surface area contributed by atoms with Gasteiger partial charge >= 0.3 is 0 Å². The lowest BCUT2D eigenvalue weighted by atomic mass is 10.3. The maximum absolute atomic E-state index is 12.1.